The Morgan fingerprint density at radius 3 is 2.53 bits per heavy atom. The highest BCUT2D eigenvalue weighted by Gasteiger charge is 2.14. The van der Waals surface area contributed by atoms with Gasteiger partial charge in [0.25, 0.3) is 0 Å². The fourth-order valence-corrected chi connectivity index (χ4v) is 1.55. The topological polar surface area (TPSA) is 62.2 Å². The Bertz CT molecular complexity index is 603. The minimum Gasteiger partial charge on any atom is -0.478 e. The summed E-state index contributed by atoms with van der Waals surface area (Å²) in [4.78, 5) is 14.6. The molecule has 0 unspecified atom stereocenters. The normalized spacial score (nSPS) is 10.2. The van der Waals surface area contributed by atoms with Crippen LogP contribution >= 0.6 is 0 Å². The minimum absolute atomic E-state index is 0.0596. The van der Waals surface area contributed by atoms with Crippen LogP contribution in [0.1, 0.15) is 15.9 Å². The number of carbonyl (C=O) groups is 1. The van der Waals surface area contributed by atoms with Gasteiger partial charge in [-0.25, -0.2) is 13.6 Å². The lowest BCUT2D eigenvalue weighted by atomic mass is 10.1. The van der Waals surface area contributed by atoms with Crippen molar-refractivity contribution in [1.82, 2.24) is 4.98 Å². The molecule has 0 bridgehead atoms. The zero-order valence-electron chi connectivity index (χ0n) is 9.73. The maximum absolute atomic E-state index is 13.5. The number of carboxylic acids is 1. The fraction of sp³-hybridized carbons (Fsp3) is 0.0769. The van der Waals surface area contributed by atoms with Gasteiger partial charge in [0.15, 0.2) is 0 Å². The van der Waals surface area contributed by atoms with E-state index in [9.17, 15) is 13.6 Å². The number of nitrogens with one attached hydrogen (secondary N) is 1. The number of pyridine rings is 1. The number of benzene rings is 1. The van der Waals surface area contributed by atoms with Crippen molar-refractivity contribution in [3.05, 3.63) is 59.4 Å². The third-order valence-corrected chi connectivity index (χ3v) is 2.52. The molecular formula is C13H10F2N2O2. The summed E-state index contributed by atoms with van der Waals surface area (Å²) < 4.78 is 26.7. The van der Waals surface area contributed by atoms with Gasteiger partial charge in [0.2, 0.25) is 0 Å². The van der Waals surface area contributed by atoms with Crippen molar-refractivity contribution in [2.75, 3.05) is 5.32 Å². The second-order valence-corrected chi connectivity index (χ2v) is 3.83. The average molecular weight is 264 g/mol. The van der Waals surface area contributed by atoms with Crippen molar-refractivity contribution >= 4 is 11.7 Å². The number of anilines is 1. The third kappa shape index (κ3) is 3.04. The molecule has 0 aliphatic carbocycles. The summed E-state index contributed by atoms with van der Waals surface area (Å²) in [6, 6.07) is 4.95. The zero-order valence-corrected chi connectivity index (χ0v) is 9.73. The highest BCUT2D eigenvalue weighted by Crippen LogP contribution is 2.20. The van der Waals surface area contributed by atoms with Crippen LogP contribution in [0.2, 0.25) is 0 Å². The van der Waals surface area contributed by atoms with E-state index < -0.39 is 23.2 Å². The lowest BCUT2D eigenvalue weighted by molar-refractivity contribution is 0.0692. The van der Waals surface area contributed by atoms with Crippen molar-refractivity contribution in [1.29, 1.82) is 0 Å². The Morgan fingerprint density at radius 1 is 1.21 bits per heavy atom. The van der Waals surface area contributed by atoms with Crippen LogP contribution in [-0.2, 0) is 6.54 Å². The molecule has 2 aromatic rings. The standard InChI is InChI=1S/C13H10F2N2O2/c14-10-6-11(15)12(5-9(10)13(18)19)17-7-8-1-3-16-4-2-8/h1-6,17H,7H2,(H,18,19). The van der Waals surface area contributed by atoms with Crippen LogP contribution in [0.15, 0.2) is 36.7 Å². The van der Waals surface area contributed by atoms with Crippen LogP contribution in [0.25, 0.3) is 0 Å². The van der Waals surface area contributed by atoms with E-state index in [1.807, 2.05) is 0 Å². The molecule has 0 fully saturated rings. The van der Waals surface area contributed by atoms with E-state index >= 15 is 0 Å². The third-order valence-electron chi connectivity index (χ3n) is 2.52. The van der Waals surface area contributed by atoms with Gasteiger partial charge in [-0.3, -0.25) is 4.98 Å². The highest BCUT2D eigenvalue weighted by atomic mass is 19.1. The Labute approximate surface area is 107 Å². The first-order chi connectivity index (χ1) is 9.08. The van der Waals surface area contributed by atoms with Crippen LogP contribution in [0, 0.1) is 11.6 Å². The number of aromatic carboxylic acids is 1. The number of nitrogens with zero attached hydrogens (tertiary/aromatic N) is 1. The van der Waals surface area contributed by atoms with E-state index in [4.69, 9.17) is 5.11 Å². The molecule has 2 N–H and O–H groups in total. The highest BCUT2D eigenvalue weighted by molar-refractivity contribution is 5.89. The van der Waals surface area contributed by atoms with E-state index in [1.54, 1.807) is 24.5 Å². The number of hydrogen-bond donors (Lipinski definition) is 2. The molecule has 0 aliphatic rings. The lowest BCUT2D eigenvalue weighted by Crippen LogP contribution is -2.06. The van der Waals surface area contributed by atoms with Gasteiger partial charge in [0.1, 0.15) is 11.6 Å². The summed E-state index contributed by atoms with van der Waals surface area (Å²) in [6.45, 7) is 0.282. The fourth-order valence-electron chi connectivity index (χ4n) is 1.55. The molecule has 1 aromatic heterocycles. The van der Waals surface area contributed by atoms with E-state index in [-0.39, 0.29) is 12.2 Å². The Balaban J connectivity index is 2.21. The molecule has 2 rings (SSSR count). The predicted molar refractivity (Wildman–Crippen MR) is 64.9 cm³/mol. The maximum atomic E-state index is 13.5. The molecule has 1 heterocycles. The molecule has 6 heteroatoms. The molecular weight excluding hydrogens is 254 g/mol. The van der Waals surface area contributed by atoms with Gasteiger partial charge in [0.05, 0.1) is 11.3 Å². The summed E-state index contributed by atoms with van der Waals surface area (Å²) in [6.07, 6.45) is 3.17. The van der Waals surface area contributed by atoms with E-state index in [0.717, 1.165) is 11.6 Å². The number of rotatable bonds is 4. The van der Waals surface area contributed by atoms with Crippen LogP contribution in [0.3, 0.4) is 0 Å². The van der Waals surface area contributed by atoms with Crippen molar-refractivity contribution in [2.45, 2.75) is 6.54 Å². The number of carboxylic acid groups (broad SMARTS) is 1. The van der Waals surface area contributed by atoms with Gasteiger partial charge in [-0.15, -0.1) is 0 Å². The van der Waals surface area contributed by atoms with Gasteiger partial charge >= 0.3 is 5.97 Å². The molecule has 1 aromatic carbocycles. The SMILES string of the molecule is O=C(O)c1cc(NCc2ccncc2)c(F)cc1F. The Kier molecular flexibility index (Phi) is 3.70. The summed E-state index contributed by atoms with van der Waals surface area (Å²) in [5.74, 6) is -3.37. The number of halogens is 2. The minimum atomic E-state index is -1.44. The molecule has 98 valence electrons. The quantitative estimate of drug-likeness (QED) is 0.891. The summed E-state index contributed by atoms with van der Waals surface area (Å²) in [5, 5.41) is 11.5. The monoisotopic (exact) mass is 264 g/mol. The van der Waals surface area contributed by atoms with E-state index in [2.05, 4.69) is 10.3 Å². The molecule has 0 radical (unpaired) electrons. The number of hydrogen-bond acceptors (Lipinski definition) is 3. The van der Waals surface area contributed by atoms with E-state index in [0.29, 0.717) is 6.07 Å². The smallest absolute Gasteiger partial charge is 0.338 e. The van der Waals surface area contributed by atoms with Crippen LogP contribution in [0.5, 0.6) is 0 Å². The van der Waals surface area contributed by atoms with Crippen LogP contribution in [-0.4, -0.2) is 16.1 Å². The molecule has 0 atom stereocenters. The lowest BCUT2D eigenvalue weighted by Gasteiger charge is -2.09. The first-order valence-electron chi connectivity index (χ1n) is 5.43. The molecule has 0 aliphatic heterocycles. The molecule has 4 nitrogen and oxygen atoms in total. The summed E-state index contributed by atoms with van der Waals surface area (Å²) in [7, 11) is 0. The summed E-state index contributed by atoms with van der Waals surface area (Å²) in [5.41, 5.74) is 0.213. The maximum Gasteiger partial charge on any atom is 0.338 e. The first-order valence-corrected chi connectivity index (χ1v) is 5.43. The Morgan fingerprint density at radius 2 is 1.89 bits per heavy atom. The molecule has 0 spiro atoms. The average Bonchev–Trinajstić information content (AvgIpc) is 2.38. The van der Waals surface area contributed by atoms with Crippen molar-refractivity contribution in [2.24, 2.45) is 0 Å². The second kappa shape index (κ2) is 5.43. The largest absolute Gasteiger partial charge is 0.478 e. The summed E-state index contributed by atoms with van der Waals surface area (Å²) >= 11 is 0. The zero-order chi connectivity index (χ0) is 13.8. The second-order valence-electron chi connectivity index (χ2n) is 3.83. The van der Waals surface area contributed by atoms with Crippen LogP contribution in [0.4, 0.5) is 14.5 Å². The van der Waals surface area contributed by atoms with Gasteiger partial charge < -0.3 is 10.4 Å². The van der Waals surface area contributed by atoms with Crippen molar-refractivity contribution in [3.8, 4) is 0 Å². The van der Waals surface area contributed by atoms with E-state index in [1.165, 1.54) is 0 Å². The van der Waals surface area contributed by atoms with Gasteiger partial charge in [0, 0.05) is 25.0 Å². The van der Waals surface area contributed by atoms with Gasteiger partial charge in [-0.2, -0.15) is 0 Å². The van der Waals surface area contributed by atoms with Gasteiger partial charge in [-0.05, 0) is 23.8 Å². The molecule has 0 saturated carbocycles. The van der Waals surface area contributed by atoms with Crippen molar-refractivity contribution in [3.63, 3.8) is 0 Å². The van der Waals surface area contributed by atoms with Crippen LogP contribution < -0.4 is 5.32 Å². The predicted octanol–water partition coefficient (Wildman–Crippen LogP) is 2.67. The number of aromatic nitrogens is 1. The van der Waals surface area contributed by atoms with Gasteiger partial charge in [-0.1, -0.05) is 0 Å². The Hall–Kier alpha value is -2.50. The van der Waals surface area contributed by atoms with Crippen molar-refractivity contribution < 1.29 is 18.7 Å². The molecule has 19 heavy (non-hydrogen) atoms. The first kappa shape index (κ1) is 12.9. The molecule has 0 amide bonds. The molecule has 0 saturated heterocycles.